The average molecular weight is 208 g/mol. The summed E-state index contributed by atoms with van der Waals surface area (Å²) in [7, 11) is 0. The molecule has 1 fully saturated rings. The number of nitrogens with two attached hydrogens (primary N) is 1. The van der Waals surface area contributed by atoms with Gasteiger partial charge in [0.25, 0.3) is 0 Å². The van der Waals surface area contributed by atoms with Crippen molar-refractivity contribution < 1.29 is 4.79 Å². The summed E-state index contributed by atoms with van der Waals surface area (Å²) in [4.78, 5) is 13.3. The van der Waals surface area contributed by atoms with Gasteiger partial charge >= 0.3 is 0 Å². The Hall–Kier alpha value is -0.320. The summed E-state index contributed by atoms with van der Waals surface area (Å²) < 4.78 is 0. The number of hydrogen-bond acceptors (Lipinski definition) is 3. The Balaban J connectivity index is 0.00000144. The van der Waals surface area contributed by atoms with Crippen molar-refractivity contribution in [1.82, 2.24) is 10.2 Å². The van der Waals surface area contributed by atoms with Crippen LogP contribution in [0.5, 0.6) is 0 Å². The van der Waals surface area contributed by atoms with Crippen molar-refractivity contribution in [2.45, 2.75) is 25.9 Å². The van der Waals surface area contributed by atoms with Gasteiger partial charge in [0.15, 0.2) is 0 Å². The summed E-state index contributed by atoms with van der Waals surface area (Å²) >= 11 is 0. The van der Waals surface area contributed by atoms with Crippen molar-refractivity contribution in [3.63, 3.8) is 0 Å². The molecule has 0 saturated carbocycles. The molecule has 0 aromatic carbocycles. The number of carbonyl (C=O) groups excluding carboxylic acids is 1. The van der Waals surface area contributed by atoms with E-state index in [0.29, 0.717) is 0 Å². The number of nitrogens with one attached hydrogen (secondary N) is 1. The van der Waals surface area contributed by atoms with Crippen molar-refractivity contribution in [2.24, 2.45) is 5.73 Å². The second kappa shape index (κ2) is 5.42. The van der Waals surface area contributed by atoms with Gasteiger partial charge in [0.1, 0.15) is 0 Å². The van der Waals surface area contributed by atoms with Gasteiger partial charge in [-0.2, -0.15) is 0 Å². The van der Waals surface area contributed by atoms with E-state index in [-0.39, 0.29) is 30.4 Å². The van der Waals surface area contributed by atoms with Gasteiger partial charge in [-0.25, -0.2) is 0 Å². The highest BCUT2D eigenvalue weighted by molar-refractivity contribution is 5.85. The minimum atomic E-state index is -0.370. The summed E-state index contributed by atoms with van der Waals surface area (Å²) in [5.74, 6) is 0.0593. The van der Waals surface area contributed by atoms with Crippen LogP contribution in [0.25, 0.3) is 0 Å². The molecule has 0 aromatic heterocycles. The first kappa shape index (κ1) is 12.7. The lowest BCUT2D eigenvalue weighted by Crippen LogP contribution is -2.55. The fourth-order valence-corrected chi connectivity index (χ4v) is 1.43. The van der Waals surface area contributed by atoms with Crippen LogP contribution in [0.3, 0.4) is 0 Å². The smallest absolute Gasteiger partial charge is 0.239 e. The molecule has 1 saturated heterocycles. The summed E-state index contributed by atoms with van der Waals surface area (Å²) in [6.45, 7) is 6.30. The molecule has 0 spiro atoms. The van der Waals surface area contributed by atoms with E-state index in [2.05, 4.69) is 5.32 Å². The maximum absolute atomic E-state index is 11.5. The maximum atomic E-state index is 11.5. The summed E-state index contributed by atoms with van der Waals surface area (Å²) in [6.07, 6.45) is 0. The third-order valence-corrected chi connectivity index (χ3v) is 2.17. The first-order valence-corrected chi connectivity index (χ1v) is 4.39. The number of carbonyl (C=O) groups is 1. The van der Waals surface area contributed by atoms with Crippen LogP contribution in [0.2, 0.25) is 0 Å². The van der Waals surface area contributed by atoms with Crippen LogP contribution in [-0.4, -0.2) is 42.5 Å². The highest BCUT2D eigenvalue weighted by atomic mass is 35.5. The molecule has 1 aliphatic heterocycles. The first-order valence-electron chi connectivity index (χ1n) is 4.39. The standard InChI is InChI=1S/C8H17N3O.ClH/c1-6-5-10-3-4-11(6)8(12)7(2)9;/h6-7,10H,3-5,9H2,1-2H3;1H/t6?,7-;/m0./s1. The molecule has 1 rings (SSSR count). The van der Waals surface area contributed by atoms with Crippen LogP contribution in [-0.2, 0) is 4.79 Å². The molecule has 2 atom stereocenters. The number of hydrogen-bond donors (Lipinski definition) is 2. The zero-order valence-electron chi connectivity index (χ0n) is 8.12. The number of nitrogens with zero attached hydrogens (tertiary/aromatic N) is 1. The van der Waals surface area contributed by atoms with Crippen LogP contribution in [0.4, 0.5) is 0 Å². The zero-order valence-corrected chi connectivity index (χ0v) is 8.93. The van der Waals surface area contributed by atoms with Gasteiger partial charge in [0.05, 0.1) is 6.04 Å². The van der Waals surface area contributed by atoms with Crippen molar-refractivity contribution in [2.75, 3.05) is 19.6 Å². The molecule has 78 valence electrons. The number of rotatable bonds is 1. The Labute approximate surface area is 85.3 Å². The summed E-state index contributed by atoms with van der Waals surface area (Å²) in [6, 6.07) is -0.0946. The van der Waals surface area contributed by atoms with Crippen molar-refractivity contribution in [3.8, 4) is 0 Å². The Bertz CT molecular complexity index is 175. The Kier molecular flexibility index (Phi) is 5.29. The predicted octanol–water partition coefficient (Wildman–Crippen LogP) is -0.424. The topological polar surface area (TPSA) is 58.4 Å². The number of piperazine rings is 1. The van der Waals surface area contributed by atoms with Crippen molar-refractivity contribution in [1.29, 1.82) is 0 Å². The van der Waals surface area contributed by atoms with Crippen LogP contribution in [0.15, 0.2) is 0 Å². The van der Waals surface area contributed by atoms with E-state index >= 15 is 0 Å². The molecule has 1 amide bonds. The molecule has 0 bridgehead atoms. The highest BCUT2D eigenvalue weighted by Crippen LogP contribution is 2.03. The quantitative estimate of drug-likeness (QED) is 0.614. The molecule has 4 nitrogen and oxygen atoms in total. The molecular weight excluding hydrogens is 190 g/mol. The van der Waals surface area contributed by atoms with Gasteiger partial charge in [-0.1, -0.05) is 0 Å². The maximum Gasteiger partial charge on any atom is 0.239 e. The van der Waals surface area contributed by atoms with Crippen LogP contribution in [0.1, 0.15) is 13.8 Å². The van der Waals surface area contributed by atoms with Crippen LogP contribution >= 0.6 is 12.4 Å². The number of halogens is 1. The zero-order chi connectivity index (χ0) is 9.14. The SMILES string of the molecule is CC1CNCCN1C(=O)[C@H](C)N.Cl. The molecule has 0 radical (unpaired) electrons. The third-order valence-electron chi connectivity index (χ3n) is 2.17. The Morgan fingerprint density at radius 3 is 2.77 bits per heavy atom. The lowest BCUT2D eigenvalue weighted by atomic mass is 10.2. The van der Waals surface area contributed by atoms with Gasteiger partial charge in [-0.3, -0.25) is 4.79 Å². The molecule has 0 aliphatic carbocycles. The van der Waals surface area contributed by atoms with E-state index in [4.69, 9.17) is 5.73 Å². The van der Waals surface area contributed by atoms with E-state index in [1.807, 2.05) is 11.8 Å². The molecule has 5 heteroatoms. The highest BCUT2D eigenvalue weighted by Gasteiger charge is 2.24. The average Bonchev–Trinajstić information content (AvgIpc) is 2.04. The molecule has 0 aromatic rings. The predicted molar refractivity (Wildman–Crippen MR) is 54.9 cm³/mol. The third kappa shape index (κ3) is 3.14. The van der Waals surface area contributed by atoms with Crippen LogP contribution < -0.4 is 11.1 Å². The monoisotopic (exact) mass is 207 g/mol. The van der Waals surface area contributed by atoms with Crippen molar-refractivity contribution in [3.05, 3.63) is 0 Å². The molecule has 1 heterocycles. The fourth-order valence-electron chi connectivity index (χ4n) is 1.43. The van der Waals surface area contributed by atoms with Crippen molar-refractivity contribution >= 4 is 18.3 Å². The van der Waals surface area contributed by atoms with Gasteiger partial charge in [0, 0.05) is 25.7 Å². The summed E-state index contributed by atoms with van der Waals surface area (Å²) in [5, 5.41) is 3.22. The minimum absolute atomic E-state index is 0. The lowest BCUT2D eigenvalue weighted by molar-refractivity contribution is -0.134. The molecule has 1 aliphatic rings. The van der Waals surface area contributed by atoms with E-state index in [1.54, 1.807) is 6.92 Å². The van der Waals surface area contributed by atoms with E-state index in [9.17, 15) is 4.79 Å². The van der Waals surface area contributed by atoms with Gasteiger partial charge < -0.3 is 16.0 Å². The second-order valence-electron chi connectivity index (χ2n) is 3.37. The summed E-state index contributed by atoms with van der Waals surface area (Å²) in [5.41, 5.74) is 5.52. The normalized spacial score (nSPS) is 24.8. The van der Waals surface area contributed by atoms with Gasteiger partial charge in [-0.05, 0) is 13.8 Å². The fraction of sp³-hybridized carbons (Fsp3) is 0.875. The van der Waals surface area contributed by atoms with Crippen LogP contribution in [0, 0.1) is 0 Å². The van der Waals surface area contributed by atoms with Gasteiger partial charge in [-0.15, -0.1) is 12.4 Å². The first-order chi connectivity index (χ1) is 5.63. The van der Waals surface area contributed by atoms with E-state index in [1.165, 1.54) is 0 Å². The largest absolute Gasteiger partial charge is 0.336 e. The minimum Gasteiger partial charge on any atom is -0.336 e. The Morgan fingerprint density at radius 2 is 2.31 bits per heavy atom. The lowest BCUT2D eigenvalue weighted by Gasteiger charge is -2.34. The second-order valence-corrected chi connectivity index (χ2v) is 3.37. The number of amides is 1. The Morgan fingerprint density at radius 1 is 1.69 bits per heavy atom. The molecular formula is C8H18ClN3O. The molecule has 1 unspecified atom stereocenters. The van der Waals surface area contributed by atoms with E-state index in [0.717, 1.165) is 19.6 Å². The van der Waals surface area contributed by atoms with E-state index < -0.39 is 0 Å². The molecule has 13 heavy (non-hydrogen) atoms. The van der Waals surface area contributed by atoms with Gasteiger partial charge in [0.2, 0.25) is 5.91 Å². The molecule has 3 N–H and O–H groups in total.